The Balaban J connectivity index is 2.70. The number of nitrogens with one attached hydrogen (secondary N) is 1. The molecule has 0 spiro atoms. The third-order valence-corrected chi connectivity index (χ3v) is 2.56. The Morgan fingerprint density at radius 2 is 1.81 bits per heavy atom. The number of carbonyl (C=O) groups is 1. The van der Waals surface area contributed by atoms with Gasteiger partial charge in [-0.25, -0.2) is 4.72 Å². The molecule has 0 saturated carbocycles. The minimum absolute atomic E-state index is 0.159. The summed E-state index contributed by atoms with van der Waals surface area (Å²) in [4.78, 5) is 11.2. The Morgan fingerprint density at radius 3 is 2.31 bits per heavy atom. The van der Waals surface area contributed by atoms with E-state index < -0.39 is 22.1 Å². The second-order valence-electron chi connectivity index (χ2n) is 3.47. The van der Waals surface area contributed by atoms with Gasteiger partial charge in [-0.2, -0.15) is 8.42 Å². The lowest BCUT2D eigenvalue weighted by molar-refractivity contribution is -0.122. The molecule has 0 aliphatic carbocycles. The predicted molar refractivity (Wildman–Crippen MR) is 59.0 cm³/mol. The van der Waals surface area contributed by atoms with Gasteiger partial charge in [0, 0.05) is 5.92 Å². The monoisotopic (exact) mass is 243 g/mol. The molecule has 0 radical (unpaired) electrons. The van der Waals surface area contributed by atoms with E-state index in [-0.39, 0.29) is 5.75 Å². The van der Waals surface area contributed by atoms with E-state index in [0.717, 1.165) is 0 Å². The highest BCUT2D eigenvalue weighted by Gasteiger charge is 2.18. The third kappa shape index (κ3) is 3.90. The van der Waals surface area contributed by atoms with Crippen LogP contribution in [0.1, 0.15) is 13.8 Å². The van der Waals surface area contributed by atoms with Gasteiger partial charge in [-0.1, -0.05) is 32.0 Å². The first kappa shape index (κ1) is 12.5. The highest BCUT2D eigenvalue weighted by atomic mass is 32.2. The van der Waals surface area contributed by atoms with Crippen molar-refractivity contribution in [2.24, 2.45) is 5.92 Å². The summed E-state index contributed by atoms with van der Waals surface area (Å²) in [5.74, 6) is -0.864. The molecule has 0 heterocycles. The quantitative estimate of drug-likeness (QED) is 0.859. The largest absolute Gasteiger partial charge is 0.409 e. The van der Waals surface area contributed by atoms with Crippen LogP contribution >= 0.6 is 0 Å². The van der Waals surface area contributed by atoms with Gasteiger partial charge in [-0.15, -0.1) is 0 Å². The maximum Gasteiger partial charge on any atom is 0.409 e. The van der Waals surface area contributed by atoms with Crippen molar-refractivity contribution in [3.63, 3.8) is 0 Å². The van der Waals surface area contributed by atoms with Gasteiger partial charge in [0.1, 0.15) is 5.75 Å². The first-order valence-electron chi connectivity index (χ1n) is 4.72. The maximum atomic E-state index is 11.4. The Hall–Kier alpha value is -1.56. The van der Waals surface area contributed by atoms with E-state index in [4.69, 9.17) is 0 Å². The molecule has 0 aliphatic heterocycles. The summed E-state index contributed by atoms with van der Waals surface area (Å²) in [6.45, 7) is 3.18. The first-order valence-corrected chi connectivity index (χ1v) is 6.12. The third-order valence-electron chi connectivity index (χ3n) is 1.70. The van der Waals surface area contributed by atoms with Crippen LogP contribution in [0.25, 0.3) is 0 Å². The fraction of sp³-hybridized carbons (Fsp3) is 0.300. The van der Waals surface area contributed by atoms with Crippen LogP contribution in [0.15, 0.2) is 30.3 Å². The Labute approximate surface area is 94.7 Å². The van der Waals surface area contributed by atoms with Crippen LogP contribution in [0.5, 0.6) is 5.75 Å². The molecule has 0 atom stereocenters. The highest BCUT2D eigenvalue weighted by molar-refractivity contribution is 7.85. The van der Waals surface area contributed by atoms with E-state index in [1.807, 2.05) is 4.72 Å². The van der Waals surface area contributed by atoms with Gasteiger partial charge in [-0.05, 0) is 12.1 Å². The zero-order valence-corrected chi connectivity index (χ0v) is 9.82. The summed E-state index contributed by atoms with van der Waals surface area (Å²) < 4.78 is 29.2. The van der Waals surface area contributed by atoms with Gasteiger partial charge in [0.2, 0.25) is 5.91 Å². The molecule has 1 N–H and O–H groups in total. The van der Waals surface area contributed by atoms with Crippen molar-refractivity contribution in [3.8, 4) is 5.75 Å². The molecule has 1 rings (SSSR count). The predicted octanol–water partition coefficient (Wildman–Crippen LogP) is 1.08. The van der Waals surface area contributed by atoms with E-state index in [0.29, 0.717) is 0 Å². The molecule has 1 aromatic carbocycles. The molecule has 0 aliphatic rings. The minimum Gasteiger partial charge on any atom is -0.367 e. The number of para-hydroxylation sites is 1. The molecular formula is C10H13NO4S. The van der Waals surface area contributed by atoms with E-state index in [1.54, 1.807) is 32.0 Å². The summed E-state index contributed by atoms with van der Waals surface area (Å²) in [5, 5.41) is 0. The van der Waals surface area contributed by atoms with Crippen molar-refractivity contribution in [3.05, 3.63) is 30.3 Å². The Bertz CT molecular complexity index is 453. The fourth-order valence-electron chi connectivity index (χ4n) is 0.865. The highest BCUT2D eigenvalue weighted by Crippen LogP contribution is 2.10. The summed E-state index contributed by atoms with van der Waals surface area (Å²) in [6, 6.07) is 7.97. The summed E-state index contributed by atoms with van der Waals surface area (Å²) in [6.07, 6.45) is 0. The molecule has 0 fully saturated rings. The Morgan fingerprint density at radius 1 is 1.25 bits per heavy atom. The number of hydrogen-bond acceptors (Lipinski definition) is 4. The lowest BCUT2D eigenvalue weighted by Gasteiger charge is -2.09. The number of carbonyl (C=O) groups excluding carboxylic acids is 1. The van der Waals surface area contributed by atoms with Gasteiger partial charge in [0.05, 0.1) is 0 Å². The number of benzene rings is 1. The molecular weight excluding hydrogens is 230 g/mol. The molecule has 1 aromatic rings. The molecule has 0 bridgehead atoms. The van der Waals surface area contributed by atoms with E-state index in [9.17, 15) is 13.2 Å². The smallest absolute Gasteiger partial charge is 0.367 e. The minimum atomic E-state index is -4.08. The first-order chi connectivity index (χ1) is 7.41. The second kappa shape index (κ2) is 4.98. The van der Waals surface area contributed by atoms with Gasteiger partial charge in [0.25, 0.3) is 0 Å². The van der Waals surface area contributed by atoms with Crippen LogP contribution in [0.4, 0.5) is 0 Å². The second-order valence-corrected chi connectivity index (χ2v) is 4.75. The average molecular weight is 243 g/mol. The lowest BCUT2D eigenvalue weighted by Crippen LogP contribution is -2.36. The van der Waals surface area contributed by atoms with Crippen LogP contribution in [0.3, 0.4) is 0 Å². The number of rotatable bonds is 4. The van der Waals surface area contributed by atoms with Crippen LogP contribution in [0.2, 0.25) is 0 Å². The van der Waals surface area contributed by atoms with Crippen LogP contribution in [0, 0.1) is 5.92 Å². The topological polar surface area (TPSA) is 72.5 Å². The summed E-state index contributed by atoms with van der Waals surface area (Å²) in [7, 11) is -4.08. The van der Waals surface area contributed by atoms with Crippen molar-refractivity contribution < 1.29 is 17.4 Å². The molecule has 1 amide bonds. The van der Waals surface area contributed by atoms with Crippen LogP contribution < -0.4 is 8.91 Å². The van der Waals surface area contributed by atoms with Crippen molar-refractivity contribution in [1.82, 2.24) is 4.72 Å². The number of amides is 1. The van der Waals surface area contributed by atoms with Crippen LogP contribution in [-0.2, 0) is 15.1 Å². The van der Waals surface area contributed by atoms with Crippen molar-refractivity contribution >= 4 is 16.2 Å². The molecule has 5 nitrogen and oxygen atoms in total. The molecule has 88 valence electrons. The average Bonchev–Trinajstić information content (AvgIpc) is 2.17. The number of hydrogen-bond donors (Lipinski definition) is 1. The molecule has 0 saturated heterocycles. The van der Waals surface area contributed by atoms with Gasteiger partial charge in [-0.3, -0.25) is 4.79 Å². The molecule has 0 unspecified atom stereocenters. The summed E-state index contributed by atoms with van der Waals surface area (Å²) >= 11 is 0. The maximum absolute atomic E-state index is 11.4. The standard InChI is InChI=1S/C10H13NO4S/c1-8(2)10(12)11-16(13,14)15-9-6-4-3-5-7-9/h3-8H,1-2H3,(H,11,12). The lowest BCUT2D eigenvalue weighted by atomic mass is 10.2. The van der Waals surface area contributed by atoms with Gasteiger partial charge in [0.15, 0.2) is 0 Å². The zero-order valence-electron chi connectivity index (χ0n) is 9.01. The Kier molecular flexibility index (Phi) is 3.89. The fourth-order valence-corrected chi connectivity index (χ4v) is 1.75. The van der Waals surface area contributed by atoms with E-state index in [2.05, 4.69) is 4.18 Å². The summed E-state index contributed by atoms with van der Waals surface area (Å²) in [5.41, 5.74) is 0. The van der Waals surface area contributed by atoms with E-state index >= 15 is 0 Å². The molecule has 0 aromatic heterocycles. The SMILES string of the molecule is CC(C)C(=O)NS(=O)(=O)Oc1ccccc1. The normalized spacial score (nSPS) is 11.2. The van der Waals surface area contributed by atoms with E-state index in [1.165, 1.54) is 12.1 Å². The molecule has 16 heavy (non-hydrogen) atoms. The van der Waals surface area contributed by atoms with Crippen molar-refractivity contribution in [2.75, 3.05) is 0 Å². The van der Waals surface area contributed by atoms with Crippen molar-refractivity contribution in [2.45, 2.75) is 13.8 Å². The van der Waals surface area contributed by atoms with Gasteiger partial charge < -0.3 is 4.18 Å². The van der Waals surface area contributed by atoms with Crippen LogP contribution in [-0.4, -0.2) is 14.3 Å². The van der Waals surface area contributed by atoms with Crippen molar-refractivity contribution in [1.29, 1.82) is 0 Å². The van der Waals surface area contributed by atoms with Gasteiger partial charge >= 0.3 is 10.3 Å². The zero-order chi connectivity index (χ0) is 12.2. The molecule has 6 heteroatoms.